The quantitative estimate of drug-likeness (QED) is 0.884. The van der Waals surface area contributed by atoms with Gasteiger partial charge in [0.25, 0.3) is 0 Å². The van der Waals surface area contributed by atoms with Crippen molar-refractivity contribution in [3.05, 3.63) is 23.8 Å². The molecule has 0 spiro atoms. The number of amidine groups is 1. The van der Waals surface area contributed by atoms with Crippen molar-refractivity contribution in [2.75, 3.05) is 30.8 Å². The van der Waals surface area contributed by atoms with E-state index in [1.54, 1.807) is 11.8 Å². The highest BCUT2D eigenvalue weighted by Gasteiger charge is 2.19. The summed E-state index contributed by atoms with van der Waals surface area (Å²) in [6.45, 7) is 2.22. The molecule has 0 radical (unpaired) electrons. The number of hydrogen-bond acceptors (Lipinski definition) is 6. The molecule has 0 fully saturated rings. The molecule has 0 amide bonds. The molecule has 20 heavy (non-hydrogen) atoms. The van der Waals surface area contributed by atoms with Gasteiger partial charge >= 0.3 is 0 Å². The van der Waals surface area contributed by atoms with Crippen LogP contribution in [0.25, 0.3) is 10.9 Å². The molecule has 0 bridgehead atoms. The van der Waals surface area contributed by atoms with Crippen molar-refractivity contribution in [1.82, 2.24) is 10.2 Å². The van der Waals surface area contributed by atoms with Crippen LogP contribution in [0.1, 0.15) is 5.56 Å². The van der Waals surface area contributed by atoms with Crippen molar-refractivity contribution in [2.24, 2.45) is 9.98 Å². The Morgan fingerprint density at radius 2 is 2.25 bits per heavy atom. The first kappa shape index (κ1) is 11.8. The van der Waals surface area contributed by atoms with Crippen LogP contribution in [0.3, 0.4) is 0 Å². The van der Waals surface area contributed by atoms with E-state index in [4.69, 9.17) is 4.74 Å². The van der Waals surface area contributed by atoms with Gasteiger partial charge in [-0.15, -0.1) is 0 Å². The van der Waals surface area contributed by atoms with E-state index < -0.39 is 0 Å². The zero-order chi connectivity index (χ0) is 13.4. The molecule has 2 aliphatic heterocycles. The maximum absolute atomic E-state index is 5.59. The summed E-state index contributed by atoms with van der Waals surface area (Å²) in [7, 11) is 0. The molecule has 1 aromatic carbocycles. The van der Waals surface area contributed by atoms with Gasteiger partial charge in [0.1, 0.15) is 6.61 Å². The topological polar surface area (TPSA) is 74.7 Å². The van der Waals surface area contributed by atoms with Gasteiger partial charge in [-0.2, -0.15) is 5.10 Å². The number of ether oxygens (including phenoxy) is 1. The monoisotopic (exact) mass is 287 g/mol. The minimum atomic E-state index is 0.648. The van der Waals surface area contributed by atoms with Gasteiger partial charge in [0.15, 0.2) is 11.0 Å². The number of nitrogens with zero attached hydrogens (tertiary/aromatic N) is 3. The number of aliphatic imine (C=N–C) groups is 2. The van der Waals surface area contributed by atoms with Crippen LogP contribution in [0.5, 0.6) is 0 Å². The van der Waals surface area contributed by atoms with E-state index >= 15 is 0 Å². The second-order valence-corrected chi connectivity index (χ2v) is 5.58. The molecule has 6 nitrogen and oxygen atoms in total. The number of fused-ring (bicyclic) bond motifs is 1. The van der Waals surface area contributed by atoms with Gasteiger partial charge in [0, 0.05) is 11.3 Å². The Bertz CT molecular complexity index is 721. The Balaban J connectivity index is 1.80. The Hall–Kier alpha value is -2.02. The lowest BCUT2D eigenvalue weighted by molar-refractivity contribution is 0.348. The minimum Gasteiger partial charge on any atom is -0.475 e. The van der Waals surface area contributed by atoms with Crippen molar-refractivity contribution in [1.29, 1.82) is 0 Å². The Labute approximate surface area is 119 Å². The van der Waals surface area contributed by atoms with Crippen molar-refractivity contribution in [2.45, 2.75) is 0 Å². The molecule has 1 aromatic heterocycles. The molecule has 3 heterocycles. The Morgan fingerprint density at radius 1 is 1.25 bits per heavy atom. The summed E-state index contributed by atoms with van der Waals surface area (Å²) in [5, 5.41) is 12.6. The number of anilines is 1. The van der Waals surface area contributed by atoms with E-state index in [-0.39, 0.29) is 0 Å². The van der Waals surface area contributed by atoms with E-state index in [9.17, 15) is 0 Å². The molecule has 0 aliphatic carbocycles. The van der Waals surface area contributed by atoms with Crippen LogP contribution < -0.4 is 5.32 Å². The number of benzene rings is 1. The highest BCUT2D eigenvalue weighted by molar-refractivity contribution is 8.14. The lowest BCUT2D eigenvalue weighted by atomic mass is 10.1. The van der Waals surface area contributed by atoms with Gasteiger partial charge < -0.3 is 10.1 Å². The standard InChI is InChI=1S/C13H13N5OS/c1-2-8(12-14-4-6-19-12)10-9(3-1)17-18-11(10)16-13-15-5-7-20-13/h1-3H,4-7H2,(H2,15,16,17,18). The van der Waals surface area contributed by atoms with E-state index in [0.717, 1.165) is 46.3 Å². The van der Waals surface area contributed by atoms with Crippen LogP contribution in [0.4, 0.5) is 5.82 Å². The molecule has 2 N–H and O–H groups in total. The molecule has 0 atom stereocenters. The van der Waals surface area contributed by atoms with Gasteiger partial charge in [0.2, 0.25) is 5.90 Å². The predicted molar refractivity (Wildman–Crippen MR) is 81.8 cm³/mol. The number of rotatable bonds is 2. The molecule has 7 heteroatoms. The Morgan fingerprint density at radius 3 is 3.05 bits per heavy atom. The van der Waals surface area contributed by atoms with Gasteiger partial charge in [-0.3, -0.25) is 10.1 Å². The fraction of sp³-hybridized carbons (Fsp3) is 0.308. The third-order valence-electron chi connectivity index (χ3n) is 3.22. The zero-order valence-electron chi connectivity index (χ0n) is 10.7. The van der Waals surface area contributed by atoms with Gasteiger partial charge in [-0.25, -0.2) is 4.99 Å². The maximum atomic E-state index is 5.59. The smallest absolute Gasteiger partial charge is 0.217 e. The second kappa shape index (κ2) is 4.82. The molecule has 4 rings (SSSR count). The summed E-state index contributed by atoms with van der Waals surface area (Å²) in [5.74, 6) is 2.50. The molecular weight excluding hydrogens is 274 g/mol. The third kappa shape index (κ3) is 1.94. The van der Waals surface area contributed by atoms with E-state index in [1.807, 2.05) is 18.2 Å². The summed E-state index contributed by atoms with van der Waals surface area (Å²) in [6, 6.07) is 5.98. The summed E-state index contributed by atoms with van der Waals surface area (Å²) < 4.78 is 5.59. The summed E-state index contributed by atoms with van der Waals surface area (Å²) in [5.41, 5.74) is 1.94. The lowest BCUT2D eigenvalue weighted by Gasteiger charge is -2.06. The molecule has 102 valence electrons. The first-order chi connectivity index (χ1) is 9.92. The van der Waals surface area contributed by atoms with Crippen molar-refractivity contribution in [3.8, 4) is 0 Å². The minimum absolute atomic E-state index is 0.648. The fourth-order valence-electron chi connectivity index (χ4n) is 2.35. The van der Waals surface area contributed by atoms with Crippen LogP contribution in [-0.4, -0.2) is 46.7 Å². The predicted octanol–water partition coefficient (Wildman–Crippen LogP) is 1.85. The third-order valence-corrected chi connectivity index (χ3v) is 4.11. The molecular formula is C13H13N5OS. The zero-order valence-corrected chi connectivity index (χ0v) is 11.5. The van der Waals surface area contributed by atoms with Crippen LogP contribution >= 0.6 is 11.8 Å². The largest absolute Gasteiger partial charge is 0.475 e. The molecule has 2 aromatic rings. The number of H-pyrrole nitrogens is 1. The number of aromatic amines is 1. The van der Waals surface area contributed by atoms with Crippen molar-refractivity contribution >= 4 is 39.5 Å². The van der Waals surface area contributed by atoms with E-state index in [1.165, 1.54) is 0 Å². The number of hydrogen-bond donors (Lipinski definition) is 2. The van der Waals surface area contributed by atoms with Gasteiger partial charge in [-0.1, -0.05) is 17.8 Å². The SMILES string of the molecule is c1cc(C2=NCCO2)c2c(NC3=NCCS3)n[nH]c2c1. The average Bonchev–Trinajstić information content (AvgIpc) is 3.20. The summed E-state index contributed by atoms with van der Waals surface area (Å²) in [6.07, 6.45) is 0. The Kier molecular flexibility index (Phi) is 2.84. The normalized spacial score (nSPS) is 18.0. The van der Waals surface area contributed by atoms with Crippen molar-refractivity contribution < 1.29 is 4.74 Å². The van der Waals surface area contributed by atoms with E-state index in [2.05, 4.69) is 25.5 Å². The first-order valence-electron chi connectivity index (χ1n) is 6.51. The van der Waals surface area contributed by atoms with Gasteiger partial charge in [0.05, 0.1) is 24.0 Å². The average molecular weight is 287 g/mol. The molecule has 0 saturated heterocycles. The van der Waals surface area contributed by atoms with Crippen LogP contribution in [-0.2, 0) is 4.74 Å². The summed E-state index contributed by atoms with van der Waals surface area (Å²) >= 11 is 1.71. The van der Waals surface area contributed by atoms with Crippen molar-refractivity contribution in [3.63, 3.8) is 0 Å². The number of aromatic nitrogens is 2. The molecule has 0 unspecified atom stereocenters. The van der Waals surface area contributed by atoms with Gasteiger partial charge in [-0.05, 0) is 12.1 Å². The van der Waals surface area contributed by atoms with Crippen LogP contribution in [0.15, 0.2) is 28.2 Å². The highest BCUT2D eigenvalue weighted by atomic mass is 32.2. The van der Waals surface area contributed by atoms with E-state index in [0.29, 0.717) is 12.5 Å². The number of thioether (sulfide) groups is 1. The van der Waals surface area contributed by atoms with Crippen LogP contribution in [0, 0.1) is 0 Å². The lowest BCUT2D eigenvalue weighted by Crippen LogP contribution is -2.07. The highest BCUT2D eigenvalue weighted by Crippen LogP contribution is 2.27. The maximum Gasteiger partial charge on any atom is 0.217 e. The fourth-order valence-corrected chi connectivity index (χ4v) is 3.08. The molecule has 2 aliphatic rings. The van der Waals surface area contributed by atoms with Crippen LogP contribution in [0.2, 0.25) is 0 Å². The second-order valence-electron chi connectivity index (χ2n) is 4.50. The first-order valence-corrected chi connectivity index (χ1v) is 7.49. The molecule has 0 saturated carbocycles. The number of nitrogens with one attached hydrogen (secondary N) is 2. The summed E-state index contributed by atoms with van der Waals surface area (Å²) in [4.78, 5) is 8.80.